The van der Waals surface area contributed by atoms with E-state index in [0.29, 0.717) is 12.5 Å². The fourth-order valence-corrected chi connectivity index (χ4v) is 3.09. The topological polar surface area (TPSA) is 63.6 Å². The van der Waals surface area contributed by atoms with Crippen LogP contribution in [0.1, 0.15) is 24.3 Å². The van der Waals surface area contributed by atoms with E-state index in [1.807, 2.05) is 12.3 Å². The van der Waals surface area contributed by atoms with Crippen molar-refractivity contribution in [2.75, 3.05) is 26.2 Å². The monoisotopic (exact) mass is 291 g/mol. The highest BCUT2D eigenvalue weighted by Gasteiger charge is 2.27. The van der Waals surface area contributed by atoms with Crippen LogP contribution in [-0.4, -0.2) is 47.8 Å². The van der Waals surface area contributed by atoms with Gasteiger partial charge in [0.15, 0.2) is 0 Å². The maximum atomic E-state index is 11.7. The van der Waals surface area contributed by atoms with Gasteiger partial charge in [0, 0.05) is 25.9 Å². The zero-order valence-corrected chi connectivity index (χ0v) is 12.2. The zero-order chi connectivity index (χ0) is 14.8. The molecule has 0 spiro atoms. The third kappa shape index (κ3) is 3.26. The summed E-state index contributed by atoms with van der Waals surface area (Å²) in [6, 6.07) is 3.80. The lowest BCUT2D eigenvalue weighted by molar-refractivity contribution is 0.0974. The predicted molar refractivity (Wildman–Crippen MR) is 78.4 cm³/mol. The van der Waals surface area contributed by atoms with E-state index in [1.54, 1.807) is 17.7 Å². The van der Waals surface area contributed by atoms with Crippen molar-refractivity contribution in [3.63, 3.8) is 0 Å². The molecule has 1 unspecified atom stereocenters. The average molecular weight is 291 g/mol. The quantitative estimate of drug-likeness (QED) is 0.889. The zero-order valence-electron chi connectivity index (χ0n) is 12.2. The second-order valence-corrected chi connectivity index (χ2v) is 5.89. The highest BCUT2D eigenvalue weighted by atomic mass is 16.6. The number of aromatic nitrogens is 1. The third-order valence-corrected chi connectivity index (χ3v) is 4.40. The number of rotatable bonds is 3. The average Bonchev–Trinajstić information content (AvgIpc) is 2.88. The van der Waals surface area contributed by atoms with Crippen molar-refractivity contribution < 1.29 is 9.53 Å². The van der Waals surface area contributed by atoms with Gasteiger partial charge in [-0.2, -0.15) is 0 Å². The van der Waals surface area contributed by atoms with Crippen LogP contribution in [0.3, 0.4) is 0 Å². The lowest BCUT2D eigenvalue weighted by atomic mass is 9.90. The lowest BCUT2D eigenvalue weighted by Crippen LogP contribution is -2.39. The van der Waals surface area contributed by atoms with Crippen LogP contribution in [0.15, 0.2) is 23.1 Å². The van der Waals surface area contributed by atoms with Gasteiger partial charge in [0.25, 0.3) is 5.56 Å². The van der Waals surface area contributed by atoms with Crippen LogP contribution in [0.2, 0.25) is 0 Å². The van der Waals surface area contributed by atoms with E-state index in [0.717, 1.165) is 38.0 Å². The van der Waals surface area contributed by atoms with Gasteiger partial charge in [0.2, 0.25) is 0 Å². The Morgan fingerprint density at radius 2 is 2.10 bits per heavy atom. The molecule has 2 saturated heterocycles. The second-order valence-electron chi connectivity index (χ2n) is 5.89. The number of nitrogens with zero attached hydrogens (tertiary/aromatic N) is 2. The molecule has 6 heteroatoms. The van der Waals surface area contributed by atoms with Crippen LogP contribution >= 0.6 is 0 Å². The highest BCUT2D eigenvalue weighted by molar-refractivity contribution is 5.69. The maximum absolute atomic E-state index is 11.7. The van der Waals surface area contributed by atoms with Gasteiger partial charge in [-0.3, -0.25) is 9.69 Å². The van der Waals surface area contributed by atoms with Crippen molar-refractivity contribution in [1.29, 1.82) is 0 Å². The lowest BCUT2D eigenvalue weighted by Gasteiger charge is -2.33. The Balaban J connectivity index is 1.53. The minimum absolute atomic E-state index is 0.0296. The molecule has 1 aromatic rings. The van der Waals surface area contributed by atoms with Crippen LogP contribution in [0.25, 0.3) is 0 Å². The number of cyclic esters (lactones) is 1. The number of hydrogen-bond acceptors (Lipinski definition) is 4. The number of nitrogens with one attached hydrogen (secondary N) is 1. The van der Waals surface area contributed by atoms with Crippen molar-refractivity contribution >= 4 is 6.09 Å². The van der Waals surface area contributed by atoms with Crippen molar-refractivity contribution in [3.8, 4) is 0 Å². The summed E-state index contributed by atoms with van der Waals surface area (Å²) in [5.74, 6) is 0.458. The molecular weight excluding hydrogens is 270 g/mol. The van der Waals surface area contributed by atoms with E-state index in [1.165, 1.54) is 0 Å². The highest BCUT2D eigenvalue weighted by Crippen LogP contribution is 2.27. The largest absolute Gasteiger partial charge is 0.443 e. The molecule has 1 aromatic heterocycles. The van der Waals surface area contributed by atoms with E-state index >= 15 is 0 Å². The molecule has 0 radical (unpaired) electrons. The van der Waals surface area contributed by atoms with Crippen LogP contribution in [0.5, 0.6) is 0 Å². The molecule has 0 saturated carbocycles. The first-order chi connectivity index (χ1) is 10.1. The van der Waals surface area contributed by atoms with Gasteiger partial charge in [0.1, 0.15) is 6.10 Å². The van der Waals surface area contributed by atoms with Gasteiger partial charge in [-0.05, 0) is 43.5 Å². The number of carbonyl (C=O) groups excluding carboxylic acids is 1. The van der Waals surface area contributed by atoms with Crippen molar-refractivity contribution in [2.24, 2.45) is 7.05 Å². The number of amides is 1. The summed E-state index contributed by atoms with van der Waals surface area (Å²) in [5, 5.41) is 2.68. The minimum Gasteiger partial charge on any atom is -0.443 e. The summed E-state index contributed by atoms with van der Waals surface area (Å²) in [7, 11) is 1.77. The van der Waals surface area contributed by atoms with Crippen LogP contribution in [-0.2, 0) is 11.8 Å². The number of aryl methyl sites for hydroxylation is 1. The summed E-state index contributed by atoms with van der Waals surface area (Å²) in [6.07, 6.45) is 3.59. The number of likely N-dealkylation sites (tertiary alicyclic amines) is 1. The summed E-state index contributed by atoms with van der Waals surface area (Å²) in [4.78, 5) is 25.0. The molecule has 21 heavy (non-hydrogen) atoms. The third-order valence-electron chi connectivity index (χ3n) is 4.40. The molecule has 2 fully saturated rings. The summed E-state index contributed by atoms with van der Waals surface area (Å²) in [5.41, 5.74) is 1.20. The summed E-state index contributed by atoms with van der Waals surface area (Å²) in [6.45, 7) is 3.36. The molecule has 6 nitrogen and oxygen atoms in total. The van der Waals surface area contributed by atoms with Gasteiger partial charge in [-0.1, -0.05) is 0 Å². The molecule has 0 aliphatic carbocycles. The summed E-state index contributed by atoms with van der Waals surface area (Å²) >= 11 is 0. The van der Waals surface area contributed by atoms with Crippen LogP contribution < -0.4 is 10.9 Å². The normalized spacial score (nSPS) is 23.9. The van der Waals surface area contributed by atoms with Gasteiger partial charge in [-0.15, -0.1) is 0 Å². The molecule has 2 aliphatic rings. The van der Waals surface area contributed by atoms with E-state index in [2.05, 4.69) is 10.2 Å². The standard InChI is InChI=1S/C15H21N3O3/c1-17-5-2-12(8-14(17)19)11-3-6-18(7-4-11)10-13-9-16-15(20)21-13/h2,5,8,11,13H,3-4,6-7,9-10H2,1H3,(H,16,20). The Morgan fingerprint density at radius 3 is 2.71 bits per heavy atom. The van der Waals surface area contributed by atoms with Gasteiger partial charge in [0.05, 0.1) is 6.54 Å². The van der Waals surface area contributed by atoms with Crippen LogP contribution in [0.4, 0.5) is 4.79 Å². The molecule has 1 atom stereocenters. The molecule has 3 rings (SSSR count). The number of ether oxygens (including phenoxy) is 1. The Labute approximate surface area is 123 Å². The molecule has 0 bridgehead atoms. The fourth-order valence-electron chi connectivity index (χ4n) is 3.09. The number of piperidine rings is 1. The first-order valence-electron chi connectivity index (χ1n) is 7.45. The second kappa shape index (κ2) is 5.89. The SMILES string of the molecule is Cn1ccc(C2CCN(CC3CNC(=O)O3)CC2)cc1=O. The number of alkyl carbamates (subject to hydrolysis) is 1. The van der Waals surface area contributed by atoms with E-state index in [4.69, 9.17) is 4.74 Å². The maximum Gasteiger partial charge on any atom is 0.407 e. The smallest absolute Gasteiger partial charge is 0.407 e. The van der Waals surface area contributed by atoms with Crippen molar-refractivity contribution in [3.05, 3.63) is 34.2 Å². The molecule has 2 aliphatic heterocycles. The molecular formula is C15H21N3O3. The molecule has 114 valence electrons. The molecule has 0 aromatic carbocycles. The molecule has 1 N–H and O–H groups in total. The Bertz CT molecular complexity index is 576. The first kappa shape index (κ1) is 14.1. The Morgan fingerprint density at radius 1 is 1.33 bits per heavy atom. The minimum atomic E-state index is -0.310. The fraction of sp³-hybridized carbons (Fsp3) is 0.600. The van der Waals surface area contributed by atoms with Crippen molar-refractivity contribution in [2.45, 2.75) is 24.9 Å². The Hall–Kier alpha value is -1.82. The van der Waals surface area contributed by atoms with Crippen molar-refractivity contribution in [1.82, 2.24) is 14.8 Å². The van der Waals surface area contributed by atoms with E-state index in [-0.39, 0.29) is 17.8 Å². The predicted octanol–water partition coefficient (Wildman–Crippen LogP) is 0.673. The van der Waals surface area contributed by atoms with Crippen LogP contribution in [0, 0.1) is 0 Å². The van der Waals surface area contributed by atoms with Gasteiger partial charge < -0.3 is 14.6 Å². The number of pyridine rings is 1. The molecule has 3 heterocycles. The van der Waals surface area contributed by atoms with Gasteiger partial charge >= 0.3 is 6.09 Å². The summed E-state index contributed by atoms with van der Waals surface area (Å²) < 4.78 is 6.77. The van der Waals surface area contributed by atoms with E-state index < -0.39 is 0 Å². The number of carbonyl (C=O) groups is 1. The van der Waals surface area contributed by atoms with Gasteiger partial charge in [-0.25, -0.2) is 4.79 Å². The molecule has 1 amide bonds. The Kier molecular flexibility index (Phi) is 3.96. The number of hydrogen-bond donors (Lipinski definition) is 1. The van der Waals surface area contributed by atoms with E-state index in [9.17, 15) is 9.59 Å². The first-order valence-corrected chi connectivity index (χ1v) is 7.45.